The molecule has 0 fully saturated rings. The van der Waals surface area contributed by atoms with Crippen LogP contribution in [0.4, 0.5) is 0 Å². The molecule has 0 unspecified atom stereocenters. The number of rotatable bonds is 23. The summed E-state index contributed by atoms with van der Waals surface area (Å²) in [6.07, 6.45) is 20.1. The third-order valence-electron chi connectivity index (χ3n) is 5.91. The van der Waals surface area contributed by atoms with E-state index in [1.807, 2.05) is 0 Å². The molecule has 0 aromatic rings. The Morgan fingerprint density at radius 3 is 1.75 bits per heavy atom. The van der Waals surface area contributed by atoms with Crippen LogP contribution in [0.1, 0.15) is 136 Å². The fraction of sp³-hybridized carbons (Fsp3) is 0.889. The predicted octanol–water partition coefficient (Wildman–Crippen LogP) is 6.66. The number of aliphatic hydroxyl groups excluding tert-OH is 1. The molecule has 0 aromatic heterocycles. The monoisotopic (exact) mass is 454 g/mol. The molecule has 2 atom stereocenters. The van der Waals surface area contributed by atoms with E-state index in [4.69, 9.17) is 9.84 Å². The molecule has 5 heteroatoms. The number of carbonyl (C=O) groups excluding carboxylic acids is 2. The van der Waals surface area contributed by atoms with Gasteiger partial charge in [0, 0.05) is 6.42 Å². The number of carbonyl (C=O) groups is 2. The van der Waals surface area contributed by atoms with Crippen molar-refractivity contribution in [3.8, 4) is 0 Å². The number of esters is 1. The van der Waals surface area contributed by atoms with Crippen LogP contribution >= 0.6 is 0 Å². The standard InChI is InChI=1S/C27H52NO4/c1-4-6-8-10-12-13-15-16-18-20-25(22-26(30)28-24(3)23-29)32-27(31)21-19-17-14-11-9-7-5-2/h24-25,29H,3-23H2,1-2H3,(H,28,30)/t24-,25-/m1/s1. The highest BCUT2D eigenvalue weighted by Gasteiger charge is 2.19. The second-order valence-corrected chi connectivity index (χ2v) is 9.25. The smallest absolute Gasteiger partial charge is 0.306 e. The van der Waals surface area contributed by atoms with E-state index in [1.54, 1.807) is 0 Å². The van der Waals surface area contributed by atoms with Gasteiger partial charge in [-0.3, -0.25) is 9.59 Å². The lowest BCUT2D eigenvalue weighted by Crippen LogP contribution is -2.37. The van der Waals surface area contributed by atoms with Gasteiger partial charge < -0.3 is 15.2 Å². The third-order valence-corrected chi connectivity index (χ3v) is 5.91. The first-order valence-electron chi connectivity index (χ1n) is 13.5. The van der Waals surface area contributed by atoms with Crippen molar-refractivity contribution in [2.45, 2.75) is 148 Å². The first-order valence-corrected chi connectivity index (χ1v) is 13.5. The van der Waals surface area contributed by atoms with Crippen molar-refractivity contribution in [3.05, 3.63) is 6.92 Å². The lowest BCUT2D eigenvalue weighted by atomic mass is 10.0. The van der Waals surface area contributed by atoms with E-state index in [1.165, 1.54) is 77.0 Å². The van der Waals surface area contributed by atoms with Gasteiger partial charge in [0.15, 0.2) is 0 Å². The normalized spacial score (nSPS) is 13.0. The number of nitrogens with one attached hydrogen (secondary N) is 1. The van der Waals surface area contributed by atoms with Crippen LogP contribution in [0, 0.1) is 6.92 Å². The number of unbranched alkanes of at least 4 members (excludes halogenated alkanes) is 14. The molecule has 5 nitrogen and oxygen atoms in total. The summed E-state index contributed by atoms with van der Waals surface area (Å²) >= 11 is 0. The minimum Gasteiger partial charge on any atom is -0.462 e. The zero-order valence-corrected chi connectivity index (χ0v) is 21.2. The maximum atomic E-state index is 12.3. The van der Waals surface area contributed by atoms with Crippen LogP contribution in [-0.4, -0.2) is 35.7 Å². The molecule has 32 heavy (non-hydrogen) atoms. The van der Waals surface area contributed by atoms with Crippen LogP contribution in [0.15, 0.2) is 0 Å². The highest BCUT2D eigenvalue weighted by molar-refractivity contribution is 5.77. The Hall–Kier alpha value is -1.10. The van der Waals surface area contributed by atoms with Gasteiger partial charge in [-0.1, -0.05) is 104 Å². The number of hydrogen-bond acceptors (Lipinski definition) is 4. The molecule has 0 bridgehead atoms. The van der Waals surface area contributed by atoms with Crippen molar-refractivity contribution in [2.75, 3.05) is 6.61 Å². The molecule has 0 aliphatic carbocycles. The lowest BCUT2D eigenvalue weighted by molar-refractivity contribution is -0.151. The van der Waals surface area contributed by atoms with Gasteiger partial charge in [0.1, 0.15) is 6.10 Å². The lowest BCUT2D eigenvalue weighted by Gasteiger charge is -2.19. The van der Waals surface area contributed by atoms with Gasteiger partial charge in [0.05, 0.1) is 19.1 Å². The maximum Gasteiger partial charge on any atom is 0.306 e. The summed E-state index contributed by atoms with van der Waals surface area (Å²) in [5, 5.41) is 11.7. The zero-order chi connectivity index (χ0) is 23.9. The highest BCUT2D eigenvalue weighted by atomic mass is 16.5. The summed E-state index contributed by atoms with van der Waals surface area (Å²) in [6, 6.07) is -0.528. The number of ether oxygens (including phenoxy) is 1. The van der Waals surface area contributed by atoms with E-state index in [2.05, 4.69) is 26.1 Å². The topological polar surface area (TPSA) is 75.6 Å². The number of aliphatic hydroxyl groups is 1. The average Bonchev–Trinajstić information content (AvgIpc) is 2.77. The first-order chi connectivity index (χ1) is 15.5. The third kappa shape index (κ3) is 20.8. The molecule has 0 saturated heterocycles. The Balaban J connectivity index is 4.19. The van der Waals surface area contributed by atoms with Crippen LogP contribution in [0.5, 0.6) is 0 Å². The van der Waals surface area contributed by atoms with Crippen molar-refractivity contribution in [3.63, 3.8) is 0 Å². The van der Waals surface area contributed by atoms with Gasteiger partial charge >= 0.3 is 5.97 Å². The largest absolute Gasteiger partial charge is 0.462 e. The van der Waals surface area contributed by atoms with E-state index in [9.17, 15) is 9.59 Å². The van der Waals surface area contributed by atoms with Crippen LogP contribution < -0.4 is 5.32 Å². The van der Waals surface area contributed by atoms with Gasteiger partial charge in [-0.25, -0.2) is 0 Å². The van der Waals surface area contributed by atoms with E-state index in [0.29, 0.717) is 12.8 Å². The summed E-state index contributed by atoms with van der Waals surface area (Å²) in [5.74, 6) is -0.413. The van der Waals surface area contributed by atoms with E-state index < -0.39 is 6.04 Å². The maximum absolute atomic E-state index is 12.3. The Morgan fingerprint density at radius 2 is 1.25 bits per heavy atom. The fourth-order valence-corrected chi connectivity index (χ4v) is 3.90. The van der Waals surface area contributed by atoms with Crippen molar-refractivity contribution in [1.82, 2.24) is 5.32 Å². The Bertz CT molecular complexity index is 441. The van der Waals surface area contributed by atoms with Gasteiger partial charge in [-0.15, -0.1) is 0 Å². The number of hydrogen-bond donors (Lipinski definition) is 2. The quantitative estimate of drug-likeness (QED) is 0.134. The molecular formula is C27H52NO4. The molecule has 0 spiro atoms. The van der Waals surface area contributed by atoms with Gasteiger partial charge in [0.2, 0.25) is 5.91 Å². The number of amides is 1. The van der Waals surface area contributed by atoms with Gasteiger partial charge in [-0.05, 0) is 26.2 Å². The van der Waals surface area contributed by atoms with E-state index in [-0.39, 0.29) is 31.0 Å². The molecule has 0 aromatic carbocycles. The van der Waals surface area contributed by atoms with Crippen molar-refractivity contribution in [1.29, 1.82) is 0 Å². The van der Waals surface area contributed by atoms with Crippen molar-refractivity contribution >= 4 is 11.9 Å². The fourth-order valence-electron chi connectivity index (χ4n) is 3.90. The summed E-state index contributed by atoms with van der Waals surface area (Å²) in [4.78, 5) is 24.5. The molecule has 1 radical (unpaired) electrons. The molecule has 0 aliphatic rings. The average molecular weight is 455 g/mol. The molecule has 0 aliphatic heterocycles. The second kappa shape index (κ2) is 23.1. The molecular weight excluding hydrogens is 402 g/mol. The SMILES string of the molecule is [CH2][C@H](CO)NC(=O)C[C@@H](CCCCCCCCCCC)OC(=O)CCCCCCCCC. The van der Waals surface area contributed by atoms with Crippen LogP contribution in [-0.2, 0) is 14.3 Å². The summed E-state index contributed by atoms with van der Waals surface area (Å²) in [6.45, 7) is 7.92. The minimum absolute atomic E-state index is 0.145. The Morgan fingerprint density at radius 1 is 0.781 bits per heavy atom. The Labute approximate surface area is 198 Å². The van der Waals surface area contributed by atoms with Crippen LogP contribution in [0.25, 0.3) is 0 Å². The Kier molecular flexibility index (Phi) is 22.3. The predicted molar refractivity (Wildman–Crippen MR) is 133 cm³/mol. The molecule has 0 rings (SSSR count). The first kappa shape index (κ1) is 30.9. The molecule has 0 saturated carbocycles. The van der Waals surface area contributed by atoms with Crippen molar-refractivity contribution < 1.29 is 19.4 Å². The van der Waals surface area contributed by atoms with Crippen LogP contribution in [0.2, 0.25) is 0 Å². The van der Waals surface area contributed by atoms with Crippen LogP contribution in [0.3, 0.4) is 0 Å². The molecule has 2 N–H and O–H groups in total. The zero-order valence-electron chi connectivity index (χ0n) is 21.2. The van der Waals surface area contributed by atoms with Crippen molar-refractivity contribution in [2.24, 2.45) is 0 Å². The molecule has 0 heterocycles. The summed E-state index contributed by atoms with van der Waals surface area (Å²) in [7, 11) is 0. The van der Waals surface area contributed by atoms with E-state index in [0.717, 1.165) is 25.7 Å². The van der Waals surface area contributed by atoms with E-state index >= 15 is 0 Å². The molecule has 189 valence electrons. The molecule has 1 amide bonds. The second-order valence-electron chi connectivity index (χ2n) is 9.25. The summed E-state index contributed by atoms with van der Waals surface area (Å²) < 4.78 is 5.67. The summed E-state index contributed by atoms with van der Waals surface area (Å²) in [5.41, 5.74) is 0. The van der Waals surface area contributed by atoms with Gasteiger partial charge in [-0.2, -0.15) is 0 Å². The highest BCUT2D eigenvalue weighted by Crippen LogP contribution is 2.16. The van der Waals surface area contributed by atoms with Gasteiger partial charge in [0.25, 0.3) is 0 Å². The minimum atomic E-state index is -0.528.